The number of hydrogen-bond donors (Lipinski definition) is 1. The van der Waals surface area contributed by atoms with Gasteiger partial charge in [0.15, 0.2) is 0 Å². The number of benzene rings is 2. The van der Waals surface area contributed by atoms with Gasteiger partial charge in [-0.05, 0) is 48.6 Å². The number of rotatable bonds is 2. The van der Waals surface area contributed by atoms with Gasteiger partial charge in [-0.1, -0.05) is 37.3 Å². The van der Waals surface area contributed by atoms with E-state index in [0.717, 1.165) is 24.4 Å². The summed E-state index contributed by atoms with van der Waals surface area (Å²) in [5, 5.41) is 3.50. The second kappa shape index (κ2) is 5.20. The van der Waals surface area contributed by atoms with E-state index in [0.29, 0.717) is 0 Å². The van der Waals surface area contributed by atoms with E-state index < -0.39 is 0 Å². The van der Waals surface area contributed by atoms with Gasteiger partial charge in [-0.3, -0.25) is 0 Å². The van der Waals surface area contributed by atoms with E-state index in [9.17, 15) is 0 Å². The maximum Gasteiger partial charge on any atom is 0.146 e. The predicted octanol–water partition coefficient (Wildman–Crippen LogP) is 4.41. The van der Waals surface area contributed by atoms with Crippen molar-refractivity contribution in [3.8, 4) is 5.75 Å². The first kappa shape index (κ1) is 13.0. The van der Waals surface area contributed by atoms with Gasteiger partial charge in [-0.15, -0.1) is 0 Å². The third-order valence-electron chi connectivity index (χ3n) is 3.92. The van der Waals surface area contributed by atoms with Crippen molar-refractivity contribution >= 4 is 5.69 Å². The quantitative estimate of drug-likeness (QED) is 0.870. The minimum absolute atomic E-state index is 0.0924. The molecule has 104 valence electrons. The van der Waals surface area contributed by atoms with Gasteiger partial charge in [0.2, 0.25) is 0 Å². The normalized spacial score (nSPS) is 17.1. The second-order valence-corrected chi connectivity index (χ2v) is 5.54. The van der Waals surface area contributed by atoms with Gasteiger partial charge in [-0.25, -0.2) is 0 Å². The van der Waals surface area contributed by atoms with Gasteiger partial charge in [0.1, 0.15) is 11.9 Å². The number of fused-ring (bicyclic) bond motifs is 1. The molecule has 1 N–H and O–H groups in total. The fourth-order valence-corrected chi connectivity index (χ4v) is 2.78. The molecule has 1 aliphatic rings. The first-order valence-corrected chi connectivity index (χ1v) is 7.28. The van der Waals surface area contributed by atoms with E-state index in [1.54, 1.807) is 0 Å². The Hall–Kier alpha value is -1.96. The van der Waals surface area contributed by atoms with Crippen LogP contribution >= 0.6 is 0 Å². The zero-order valence-corrected chi connectivity index (χ0v) is 12.4. The van der Waals surface area contributed by atoms with E-state index >= 15 is 0 Å². The maximum atomic E-state index is 6.21. The monoisotopic (exact) mass is 267 g/mol. The number of ether oxygens (including phenoxy) is 1. The molecule has 3 rings (SSSR count). The topological polar surface area (TPSA) is 21.3 Å². The van der Waals surface area contributed by atoms with E-state index in [1.165, 1.54) is 22.3 Å². The molecule has 0 spiro atoms. The summed E-state index contributed by atoms with van der Waals surface area (Å²) in [6.07, 6.45) is 1.17. The lowest BCUT2D eigenvalue weighted by atomic mass is 10.0. The Morgan fingerprint density at radius 1 is 1.15 bits per heavy atom. The Bertz CT molecular complexity index is 616. The van der Waals surface area contributed by atoms with Gasteiger partial charge in [-0.2, -0.15) is 0 Å². The lowest BCUT2D eigenvalue weighted by molar-refractivity contribution is 0.209. The zero-order chi connectivity index (χ0) is 14.1. The van der Waals surface area contributed by atoms with Gasteiger partial charge in [0.25, 0.3) is 0 Å². The summed E-state index contributed by atoms with van der Waals surface area (Å²) in [5.74, 6) is 0.992. The molecule has 2 nitrogen and oxygen atoms in total. The van der Waals surface area contributed by atoms with Gasteiger partial charge in [0, 0.05) is 0 Å². The van der Waals surface area contributed by atoms with E-state index in [4.69, 9.17) is 4.74 Å². The SMILES string of the molecule is CCc1ccc(C2CNc3cc(C)cc(C)c3O2)cc1. The summed E-state index contributed by atoms with van der Waals surface area (Å²) in [6.45, 7) is 7.22. The molecule has 0 bridgehead atoms. The highest BCUT2D eigenvalue weighted by Gasteiger charge is 2.22. The lowest BCUT2D eigenvalue weighted by Crippen LogP contribution is -2.24. The number of aryl methyl sites for hydroxylation is 3. The molecule has 1 atom stereocenters. The molecule has 0 radical (unpaired) electrons. The van der Waals surface area contributed by atoms with E-state index in [-0.39, 0.29) is 6.10 Å². The molecule has 1 aliphatic heterocycles. The van der Waals surface area contributed by atoms with Crippen LogP contribution in [0.5, 0.6) is 5.75 Å². The highest BCUT2D eigenvalue weighted by Crippen LogP contribution is 2.37. The summed E-state index contributed by atoms with van der Waals surface area (Å²) in [4.78, 5) is 0. The largest absolute Gasteiger partial charge is 0.481 e. The molecule has 0 saturated carbocycles. The minimum Gasteiger partial charge on any atom is -0.481 e. The summed E-state index contributed by atoms with van der Waals surface area (Å²) in [6, 6.07) is 13.1. The van der Waals surface area contributed by atoms with E-state index in [1.807, 2.05) is 0 Å². The van der Waals surface area contributed by atoms with Crippen LogP contribution in [0.2, 0.25) is 0 Å². The highest BCUT2D eigenvalue weighted by molar-refractivity contribution is 5.63. The molecular weight excluding hydrogens is 246 g/mol. The Morgan fingerprint density at radius 3 is 2.60 bits per heavy atom. The van der Waals surface area contributed by atoms with Crippen molar-refractivity contribution in [2.24, 2.45) is 0 Å². The zero-order valence-electron chi connectivity index (χ0n) is 12.4. The Labute approximate surface area is 120 Å². The molecule has 20 heavy (non-hydrogen) atoms. The first-order valence-electron chi connectivity index (χ1n) is 7.28. The summed E-state index contributed by atoms with van der Waals surface area (Å²) >= 11 is 0. The van der Waals surface area contributed by atoms with Gasteiger partial charge >= 0.3 is 0 Å². The van der Waals surface area contributed by atoms with Crippen molar-refractivity contribution in [3.05, 3.63) is 58.7 Å². The molecule has 1 unspecified atom stereocenters. The van der Waals surface area contributed by atoms with Crippen molar-refractivity contribution in [2.75, 3.05) is 11.9 Å². The molecule has 0 aliphatic carbocycles. The van der Waals surface area contributed by atoms with E-state index in [2.05, 4.69) is 62.5 Å². The summed E-state index contributed by atoms with van der Waals surface area (Å²) in [5.41, 5.74) is 6.18. The van der Waals surface area contributed by atoms with Gasteiger partial charge in [0.05, 0.1) is 12.2 Å². The Kier molecular flexibility index (Phi) is 3.39. The van der Waals surface area contributed by atoms with Crippen LogP contribution in [0.3, 0.4) is 0 Å². The third-order valence-corrected chi connectivity index (χ3v) is 3.92. The molecule has 0 saturated heterocycles. The van der Waals surface area contributed by atoms with Crippen LogP contribution in [0.15, 0.2) is 36.4 Å². The number of hydrogen-bond acceptors (Lipinski definition) is 2. The van der Waals surface area contributed by atoms with Crippen molar-refractivity contribution in [3.63, 3.8) is 0 Å². The molecular formula is C18H21NO. The molecule has 2 aromatic carbocycles. The van der Waals surface area contributed by atoms with Crippen molar-refractivity contribution in [1.82, 2.24) is 0 Å². The Balaban J connectivity index is 1.87. The van der Waals surface area contributed by atoms with Crippen molar-refractivity contribution in [1.29, 1.82) is 0 Å². The summed E-state index contributed by atoms with van der Waals surface area (Å²) in [7, 11) is 0. The van der Waals surface area contributed by atoms with Gasteiger partial charge < -0.3 is 10.1 Å². The Morgan fingerprint density at radius 2 is 1.90 bits per heavy atom. The van der Waals surface area contributed by atoms with Crippen LogP contribution in [0.1, 0.15) is 35.3 Å². The predicted molar refractivity (Wildman–Crippen MR) is 83.6 cm³/mol. The average Bonchev–Trinajstić information content (AvgIpc) is 2.47. The third kappa shape index (κ3) is 2.38. The second-order valence-electron chi connectivity index (χ2n) is 5.54. The number of nitrogens with one attached hydrogen (secondary N) is 1. The summed E-state index contributed by atoms with van der Waals surface area (Å²) < 4.78 is 6.21. The first-order chi connectivity index (χ1) is 9.67. The van der Waals surface area contributed by atoms with Crippen LogP contribution < -0.4 is 10.1 Å². The van der Waals surface area contributed by atoms with Crippen LogP contribution in [-0.4, -0.2) is 6.54 Å². The minimum atomic E-state index is 0.0924. The molecule has 2 heteroatoms. The highest BCUT2D eigenvalue weighted by atomic mass is 16.5. The molecule has 0 amide bonds. The van der Waals surface area contributed by atoms with Crippen LogP contribution in [0.4, 0.5) is 5.69 Å². The van der Waals surface area contributed by atoms with Crippen molar-refractivity contribution in [2.45, 2.75) is 33.3 Å². The molecule has 0 aromatic heterocycles. The smallest absolute Gasteiger partial charge is 0.146 e. The van der Waals surface area contributed by atoms with Crippen LogP contribution in [-0.2, 0) is 6.42 Å². The van der Waals surface area contributed by atoms with Crippen LogP contribution in [0, 0.1) is 13.8 Å². The molecule has 0 fully saturated rings. The maximum absolute atomic E-state index is 6.21. The number of anilines is 1. The molecule has 2 aromatic rings. The molecule has 1 heterocycles. The van der Waals surface area contributed by atoms with Crippen LogP contribution in [0.25, 0.3) is 0 Å². The average molecular weight is 267 g/mol. The standard InChI is InChI=1S/C18H21NO/c1-4-14-5-7-15(8-6-14)17-11-19-16-10-12(2)9-13(3)18(16)20-17/h5-10,17,19H,4,11H2,1-3H3. The fraction of sp³-hybridized carbons (Fsp3) is 0.333. The van der Waals surface area contributed by atoms with Crippen molar-refractivity contribution < 1.29 is 4.74 Å². The lowest BCUT2D eigenvalue weighted by Gasteiger charge is -2.29. The fourth-order valence-electron chi connectivity index (χ4n) is 2.78.